The highest BCUT2D eigenvalue weighted by Crippen LogP contribution is 2.25. The Morgan fingerprint density at radius 2 is 1.85 bits per heavy atom. The van der Waals surface area contributed by atoms with E-state index in [0.29, 0.717) is 11.3 Å². The quantitative estimate of drug-likeness (QED) is 0.509. The molecule has 20 heavy (non-hydrogen) atoms. The summed E-state index contributed by atoms with van der Waals surface area (Å²) in [5.74, 6) is -0.173. The molecule has 0 radical (unpaired) electrons. The van der Waals surface area contributed by atoms with E-state index in [1.165, 1.54) is 24.3 Å². The van der Waals surface area contributed by atoms with Crippen molar-refractivity contribution in [3.8, 4) is 17.2 Å². The van der Waals surface area contributed by atoms with E-state index in [-0.39, 0.29) is 17.3 Å². The van der Waals surface area contributed by atoms with Crippen molar-refractivity contribution in [1.82, 2.24) is 0 Å². The van der Waals surface area contributed by atoms with E-state index in [2.05, 4.69) is 0 Å². The van der Waals surface area contributed by atoms with Gasteiger partial charge in [0.2, 0.25) is 0 Å². The SMILES string of the molecule is COc1ccccc1/C=C/C(=O)c1ccc(O)c(O)c1. The van der Waals surface area contributed by atoms with E-state index >= 15 is 0 Å². The number of benzene rings is 2. The molecule has 0 heterocycles. The fraction of sp³-hybridized carbons (Fsp3) is 0.0625. The molecule has 2 aromatic rings. The monoisotopic (exact) mass is 270 g/mol. The average molecular weight is 270 g/mol. The summed E-state index contributed by atoms with van der Waals surface area (Å²) in [5, 5.41) is 18.6. The number of hydrogen-bond acceptors (Lipinski definition) is 4. The number of allylic oxidation sites excluding steroid dienone is 1. The maximum atomic E-state index is 12.0. The van der Waals surface area contributed by atoms with Crippen molar-refractivity contribution in [1.29, 1.82) is 0 Å². The average Bonchev–Trinajstić information content (AvgIpc) is 2.47. The van der Waals surface area contributed by atoms with Crippen molar-refractivity contribution in [3.63, 3.8) is 0 Å². The summed E-state index contributed by atoms with van der Waals surface area (Å²) in [7, 11) is 1.56. The standard InChI is InChI=1S/C16H14O4/c1-20-16-5-3-2-4-11(16)6-8-13(17)12-7-9-14(18)15(19)10-12/h2-10,18-19H,1H3/b8-6+. The molecule has 0 aliphatic heterocycles. The molecule has 102 valence electrons. The Kier molecular flexibility index (Phi) is 4.05. The molecule has 2 N–H and O–H groups in total. The van der Waals surface area contributed by atoms with E-state index < -0.39 is 0 Å². The van der Waals surface area contributed by atoms with Crippen LogP contribution in [0.5, 0.6) is 17.2 Å². The first-order valence-electron chi connectivity index (χ1n) is 5.99. The molecule has 0 bridgehead atoms. The number of carbonyl (C=O) groups excluding carboxylic acids is 1. The highest BCUT2D eigenvalue weighted by molar-refractivity contribution is 6.07. The number of methoxy groups -OCH3 is 1. The molecule has 0 unspecified atom stereocenters. The predicted molar refractivity (Wildman–Crippen MR) is 76.1 cm³/mol. The number of para-hydroxylation sites is 1. The largest absolute Gasteiger partial charge is 0.504 e. The molecule has 0 amide bonds. The van der Waals surface area contributed by atoms with Gasteiger partial charge in [-0.15, -0.1) is 0 Å². The molecule has 2 rings (SSSR count). The highest BCUT2D eigenvalue weighted by Gasteiger charge is 2.06. The van der Waals surface area contributed by atoms with E-state index in [0.717, 1.165) is 5.56 Å². The Morgan fingerprint density at radius 3 is 2.55 bits per heavy atom. The second kappa shape index (κ2) is 5.93. The molecular weight excluding hydrogens is 256 g/mol. The number of hydrogen-bond donors (Lipinski definition) is 2. The second-order valence-corrected chi connectivity index (χ2v) is 4.14. The summed E-state index contributed by atoms with van der Waals surface area (Å²) < 4.78 is 5.18. The predicted octanol–water partition coefficient (Wildman–Crippen LogP) is 3.00. The number of aromatic hydroxyl groups is 2. The van der Waals surface area contributed by atoms with Crippen LogP contribution in [0.25, 0.3) is 6.08 Å². The minimum Gasteiger partial charge on any atom is -0.504 e. The topological polar surface area (TPSA) is 66.8 Å². The summed E-state index contributed by atoms with van der Waals surface area (Å²) >= 11 is 0. The zero-order valence-corrected chi connectivity index (χ0v) is 10.9. The van der Waals surface area contributed by atoms with Crippen LogP contribution in [0.4, 0.5) is 0 Å². The molecule has 0 aliphatic carbocycles. The van der Waals surface area contributed by atoms with Gasteiger partial charge in [0, 0.05) is 11.1 Å². The molecule has 4 nitrogen and oxygen atoms in total. The summed E-state index contributed by atoms with van der Waals surface area (Å²) in [4.78, 5) is 12.0. The number of ether oxygens (including phenoxy) is 1. The van der Waals surface area contributed by atoms with E-state index in [4.69, 9.17) is 4.74 Å². The van der Waals surface area contributed by atoms with Gasteiger partial charge in [-0.05, 0) is 36.4 Å². The lowest BCUT2D eigenvalue weighted by molar-refractivity contribution is 0.104. The second-order valence-electron chi connectivity index (χ2n) is 4.14. The molecule has 2 aromatic carbocycles. The van der Waals surface area contributed by atoms with Gasteiger partial charge in [0.25, 0.3) is 0 Å². The van der Waals surface area contributed by atoms with Crippen molar-refractivity contribution < 1.29 is 19.7 Å². The fourth-order valence-electron chi connectivity index (χ4n) is 1.74. The Balaban J connectivity index is 2.22. The van der Waals surface area contributed by atoms with Gasteiger partial charge >= 0.3 is 0 Å². The Labute approximate surface area is 116 Å². The molecule has 0 saturated carbocycles. The third-order valence-corrected chi connectivity index (χ3v) is 2.81. The maximum Gasteiger partial charge on any atom is 0.185 e. The number of phenolic OH excluding ortho intramolecular Hbond substituents is 2. The molecular formula is C16H14O4. The van der Waals surface area contributed by atoms with Crippen LogP contribution < -0.4 is 4.74 Å². The van der Waals surface area contributed by atoms with Crippen LogP contribution in [0.1, 0.15) is 15.9 Å². The van der Waals surface area contributed by atoms with Gasteiger partial charge in [0.1, 0.15) is 5.75 Å². The van der Waals surface area contributed by atoms with Crippen molar-refractivity contribution in [2.45, 2.75) is 0 Å². The van der Waals surface area contributed by atoms with Crippen molar-refractivity contribution in [3.05, 3.63) is 59.7 Å². The molecule has 0 aromatic heterocycles. The van der Waals surface area contributed by atoms with Crippen LogP contribution in [0, 0.1) is 0 Å². The van der Waals surface area contributed by atoms with Crippen LogP contribution in [-0.2, 0) is 0 Å². The molecule has 4 heteroatoms. The first kappa shape index (κ1) is 13.7. The third kappa shape index (κ3) is 2.98. The van der Waals surface area contributed by atoms with Gasteiger partial charge in [-0.3, -0.25) is 4.79 Å². The zero-order valence-electron chi connectivity index (χ0n) is 10.9. The lowest BCUT2D eigenvalue weighted by atomic mass is 10.1. The summed E-state index contributed by atoms with van der Waals surface area (Å²) in [5.41, 5.74) is 1.08. The molecule has 0 atom stereocenters. The Hall–Kier alpha value is -2.75. The highest BCUT2D eigenvalue weighted by atomic mass is 16.5. The lowest BCUT2D eigenvalue weighted by Gasteiger charge is -2.03. The smallest absolute Gasteiger partial charge is 0.185 e. The van der Waals surface area contributed by atoms with Gasteiger partial charge in [-0.2, -0.15) is 0 Å². The zero-order chi connectivity index (χ0) is 14.5. The van der Waals surface area contributed by atoms with Crippen molar-refractivity contribution in [2.24, 2.45) is 0 Å². The van der Waals surface area contributed by atoms with E-state index in [9.17, 15) is 15.0 Å². The maximum absolute atomic E-state index is 12.0. The summed E-state index contributed by atoms with van der Waals surface area (Å²) in [6.45, 7) is 0. The van der Waals surface area contributed by atoms with Crippen LogP contribution in [-0.4, -0.2) is 23.1 Å². The third-order valence-electron chi connectivity index (χ3n) is 2.81. The molecule has 0 aliphatic rings. The van der Waals surface area contributed by atoms with Crippen LogP contribution in [0.3, 0.4) is 0 Å². The van der Waals surface area contributed by atoms with Crippen LogP contribution in [0.2, 0.25) is 0 Å². The minimum absolute atomic E-state index is 0.254. The van der Waals surface area contributed by atoms with E-state index in [1.807, 2.05) is 18.2 Å². The van der Waals surface area contributed by atoms with Gasteiger partial charge in [-0.1, -0.05) is 18.2 Å². The normalized spacial score (nSPS) is 10.7. The van der Waals surface area contributed by atoms with Gasteiger partial charge in [-0.25, -0.2) is 0 Å². The Morgan fingerprint density at radius 1 is 1.10 bits per heavy atom. The molecule has 0 spiro atoms. The number of carbonyl (C=O) groups is 1. The molecule has 0 saturated heterocycles. The van der Waals surface area contributed by atoms with Crippen LogP contribution in [0.15, 0.2) is 48.5 Å². The summed E-state index contributed by atoms with van der Waals surface area (Å²) in [6.07, 6.45) is 3.04. The number of phenols is 2. The lowest BCUT2D eigenvalue weighted by Crippen LogP contribution is -1.94. The minimum atomic E-state index is -0.318. The first-order valence-corrected chi connectivity index (χ1v) is 5.99. The van der Waals surface area contributed by atoms with Crippen molar-refractivity contribution >= 4 is 11.9 Å². The fourth-order valence-corrected chi connectivity index (χ4v) is 1.74. The number of rotatable bonds is 4. The summed E-state index contributed by atoms with van der Waals surface area (Å²) in [6, 6.07) is 11.3. The van der Waals surface area contributed by atoms with Crippen molar-refractivity contribution in [2.75, 3.05) is 7.11 Å². The molecule has 0 fully saturated rings. The van der Waals surface area contributed by atoms with E-state index in [1.54, 1.807) is 19.3 Å². The first-order chi connectivity index (χ1) is 9.61. The van der Waals surface area contributed by atoms with Crippen LogP contribution >= 0.6 is 0 Å². The van der Waals surface area contributed by atoms with Gasteiger partial charge in [0.05, 0.1) is 7.11 Å². The van der Waals surface area contributed by atoms with Gasteiger partial charge < -0.3 is 14.9 Å². The number of ketones is 1. The Bertz CT molecular complexity index is 659. The van der Waals surface area contributed by atoms with Gasteiger partial charge in [0.15, 0.2) is 17.3 Å².